The minimum Gasteiger partial charge on any atom is -0.278 e. The number of aromatic nitrogens is 3. The van der Waals surface area contributed by atoms with Gasteiger partial charge < -0.3 is 0 Å². The number of benzene rings is 8. The van der Waals surface area contributed by atoms with E-state index in [9.17, 15) is 0 Å². The van der Waals surface area contributed by atoms with Gasteiger partial charge in [-0.1, -0.05) is 141 Å². The molecule has 0 N–H and O–H groups in total. The molecule has 3 heteroatoms. The highest BCUT2D eigenvalue weighted by atomic mass is 15.2. The second-order valence-corrected chi connectivity index (χ2v) is 14.6. The van der Waals surface area contributed by atoms with Gasteiger partial charge in [0.15, 0.2) is 0 Å². The van der Waals surface area contributed by atoms with Crippen LogP contribution in [-0.2, 0) is 5.41 Å². The highest BCUT2D eigenvalue weighted by Gasteiger charge is 2.35. The Kier molecular flexibility index (Phi) is 6.01. The van der Waals surface area contributed by atoms with Crippen LogP contribution in [0.3, 0.4) is 0 Å². The third-order valence-corrected chi connectivity index (χ3v) is 11.4. The van der Waals surface area contributed by atoms with Crippen LogP contribution in [0.2, 0.25) is 0 Å². The number of para-hydroxylation sites is 1. The topological polar surface area (TPSA) is 30.7 Å². The lowest BCUT2D eigenvalue weighted by atomic mass is 9.82. The SMILES string of the molecule is CC1(C)c2ccccc2-c2ccc(-c3nc(-n4c5cc6ccccc6cc5c5c(-c6ccc7ccccc7c6)cccc54)nc4ccccc34)cc21. The van der Waals surface area contributed by atoms with E-state index in [2.05, 4.69) is 182 Å². The van der Waals surface area contributed by atoms with Crippen LogP contribution >= 0.6 is 0 Å². The molecule has 0 saturated heterocycles. The summed E-state index contributed by atoms with van der Waals surface area (Å²) in [5, 5.41) is 8.30. The normalized spacial score (nSPS) is 13.3. The molecule has 3 nitrogen and oxygen atoms in total. The van der Waals surface area contributed by atoms with Crippen molar-refractivity contribution in [3.05, 3.63) is 175 Å². The van der Waals surface area contributed by atoms with Gasteiger partial charge in [-0.3, -0.25) is 4.57 Å². The monoisotopic (exact) mass is 663 g/mol. The van der Waals surface area contributed by atoms with E-state index in [1.54, 1.807) is 0 Å². The second kappa shape index (κ2) is 10.7. The van der Waals surface area contributed by atoms with Gasteiger partial charge in [0, 0.05) is 27.1 Å². The van der Waals surface area contributed by atoms with Crippen LogP contribution in [-0.4, -0.2) is 14.5 Å². The molecule has 2 aromatic heterocycles. The van der Waals surface area contributed by atoms with Crippen LogP contribution < -0.4 is 0 Å². The van der Waals surface area contributed by atoms with Crippen LogP contribution in [0.15, 0.2) is 164 Å². The largest absolute Gasteiger partial charge is 0.278 e. The maximum atomic E-state index is 5.51. The van der Waals surface area contributed by atoms with E-state index in [1.807, 2.05) is 0 Å². The lowest BCUT2D eigenvalue weighted by Gasteiger charge is -2.22. The summed E-state index contributed by atoms with van der Waals surface area (Å²) in [5.74, 6) is 0.669. The number of fused-ring (bicyclic) bond motifs is 9. The standard InChI is InChI=1S/C49H33N3/c1-49(2)41-19-9-7-16-37(41)38-25-24-35(28-42(38)49)47-39-17-8-10-20-43(39)50-48(51-47)52-44-21-11-18-36(34-23-22-30-12-3-4-13-31(30)26-34)46(44)40-27-32-14-5-6-15-33(32)29-45(40)52/h3-29H,1-2H3. The van der Waals surface area contributed by atoms with E-state index in [0.29, 0.717) is 5.95 Å². The van der Waals surface area contributed by atoms with Gasteiger partial charge in [-0.15, -0.1) is 0 Å². The molecule has 0 unspecified atom stereocenters. The van der Waals surface area contributed by atoms with E-state index in [-0.39, 0.29) is 5.41 Å². The Balaban J connectivity index is 1.20. The Morgan fingerprint density at radius 3 is 1.98 bits per heavy atom. The summed E-state index contributed by atoms with van der Waals surface area (Å²) in [4.78, 5) is 10.8. The van der Waals surface area contributed by atoms with Crippen molar-refractivity contribution in [2.45, 2.75) is 19.3 Å². The molecule has 8 aromatic carbocycles. The van der Waals surface area contributed by atoms with Crippen molar-refractivity contribution in [1.82, 2.24) is 14.5 Å². The molecule has 0 bridgehead atoms. The van der Waals surface area contributed by atoms with Gasteiger partial charge in [0.25, 0.3) is 0 Å². The first kappa shape index (κ1) is 29.2. The van der Waals surface area contributed by atoms with Crippen molar-refractivity contribution in [3.63, 3.8) is 0 Å². The highest BCUT2D eigenvalue weighted by Crippen LogP contribution is 2.50. The van der Waals surface area contributed by atoms with Crippen molar-refractivity contribution >= 4 is 54.3 Å². The average molecular weight is 664 g/mol. The Labute approximate surface area is 301 Å². The second-order valence-electron chi connectivity index (χ2n) is 14.6. The Morgan fingerprint density at radius 1 is 0.442 bits per heavy atom. The zero-order chi connectivity index (χ0) is 34.6. The van der Waals surface area contributed by atoms with Gasteiger partial charge in [-0.05, 0) is 91.3 Å². The fourth-order valence-corrected chi connectivity index (χ4v) is 8.80. The van der Waals surface area contributed by atoms with Crippen LogP contribution in [0.25, 0.3) is 93.7 Å². The molecule has 0 radical (unpaired) electrons. The van der Waals surface area contributed by atoms with Crippen molar-refractivity contribution < 1.29 is 0 Å². The van der Waals surface area contributed by atoms with Crippen LogP contribution in [0.1, 0.15) is 25.0 Å². The van der Waals surface area contributed by atoms with Crippen molar-refractivity contribution in [1.29, 1.82) is 0 Å². The molecule has 2 heterocycles. The Bertz CT molecular complexity index is 3110. The molecule has 0 aliphatic heterocycles. The molecule has 0 amide bonds. The van der Waals surface area contributed by atoms with Gasteiger partial charge in [-0.25, -0.2) is 9.97 Å². The quantitative estimate of drug-likeness (QED) is 0.188. The lowest BCUT2D eigenvalue weighted by Crippen LogP contribution is -2.15. The van der Waals surface area contributed by atoms with Crippen molar-refractivity contribution in [3.8, 4) is 39.5 Å². The average Bonchev–Trinajstić information content (AvgIpc) is 3.63. The highest BCUT2D eigenvalue weighted by molar-refractivity contribution is 6.19. The van der Waals surface area contributed by atoms with E-state index in [4.69, 9.17) is 9.97 Å². The zero-order valence-corrected chi connectivity index (χ0v) is 28.9. The van der Waals surface area contributed by atoms with E-state index in [0.717, 1.165) is 33.2 Å². The fraction of sp³-hybridized carbons (Fsp3) is 0.0612. The summed E-state index contributed by atoms with van der Waals surface area (Å²) >= 11 is 0. The van der Waals surface area contributed by atoms with E-state index >= 15 is 0 Å². The number of hydrogen-bond donors (Lipinski definition) is 0. The third-order valence-electron chi connectivity index (χ3n) is 11.4. The molecule has 0 saturated carbocycles. The van der Waals surface area contributed by atoms with Crippen LogP contribution in [0.4, 0.5) is 0 Å². The van der Waals surface area contributed by atoms with Crippen molar-refractivity contribution in [2.24, 2.45) is 0 Å². The van der Waals surface area contributed by atoms with Gasteiger partial charge >= 0.3 is 0 Å². The predicted molar refractivity (Wildman–Crippen MR) is 217 cm³/mol. The molecular weight excluding hydrogens is 631 g/mol. The van der Waals surface area contributed by atoms with Gasteiger partial charge in [0.05, 0.1) is 22.2 Å². The van der Waals surface area contributed by atoms with E-state index < -0.39 is 0 Å². The van der Waals surface area contributed by atoms with Crippen LogP contribution in [0, 0.1) is 0 Å². The van der Waals surface area contributed by atoms with Gasteiger partial charge in [-0.2, -0.15) is 0 Å². The minimum absolute atomic E-state index is 0.110. The molecule has 11 rings (SSSR count). The fourth-order valence-electron chi connectivity index (χ4n) is 8.80. The lowest BCUT2D eigenvalue weighted by molar-refractivity contribution is 0.660. The summed E-state index contributed by atoms with van der Waals surface area (Å²) in [5.41, 5.74) is 12.7. The first-order valence-electron chi connectivity index (χ1n) is 18.0. The zero-order valence-electron chi connectivity index (χ0n) is 28.9. The van der Waals surface area contributed by atoms with E-state index in [1.165, 1.54) is 65.7 Å². The molecule has 10 aromatic rings. The molecular formula is C49H33N3. The first-order valence-corrected chi connectivity index (χ1v) is 18.0. The molecule has 0 spiro atoms. The molecule has 0 atom stereocenters. The minimum atomic E-state index is -0.110. The summed E-state index contributed by atoms with van der Waals surface area (Å²) in [6, 6.07) is 59.4. The summed E-state index contributed by atoms with van der Waals surface area (Å²) in [6.07, 6.45) is 0. The molecule has 0 fully saturated rings. The first-order chi connectivity index (χ1) is 25.5. The molecule has 1 aliphatic carbocycles. The summed E-state index contributed by atoms with van der Waals surface area (Å²) in [6.45, 7) is 4.67. The maximum absolute atomic E-state index is 5.51. The number of nitrogens with zero attached hydrogens (tertiary/aromatic N) is 3. The number of rotatable bonds is 3. The molecule has 52 heavy (non-hydrogen) atoms. The Hall–Kier alpha value is -6.58. The molecule has 1 aliphatic rings. The van der Waals surface area contributed by atoms with Gasteiger partial charge in [0.2, 0.25) is 5.95 Å². The summed E-state index contributed by atoms with van der Waals surface area (Å²) in [7, 11) is 0. The summed E-state index contributed by atoms with van der Waals surface area (Å²) < 4.78 is 2.28. The number of hydrogen-bond acceptors (Lipinski definition) is 2. The smallest absolute Gasteiger partial charge is 0.235 e. The van der Waals surface area contributed by atoms with Crippen LogP contribution in [0.5, 0.6) is 0 Å². The van der Waals surface area contributed by atoms with Gasteiger partial charge in [0.1, 0.15) is 0 Å². The van der Waals surface area contributed by atoms with Crippen molar-refractivity contribution in [2.75, 3.05) is 0 Å². The maximum Gasteiger partial charge on any atom is 0.235 e. The Morgan fingerprint density at radius 2 is 1.12 bits per heavy atom. The third kappa shape index (κ3) is 4.14. The predicted octanol–water partition coefficient (Wildman–Crippen LogP) is 12.7. The molecule has 244 valence electrons.